The first kappa shape index (κ1) is 10.9. The van der Waals surface area contributed by atoms with Crippen LogP contribution < -0.4 is 10.6 Å². The molecule has 2 N–H and O–H groups in total. The monoisotopic (exact) mass is 211 g/mol. The molecule has 1 saturated heterocycles. The second-order valence-electron chi connectivity index (χ2n) is 4.54. The van der Waals surface area contributed by atoms with Crippen molar-refractivity contribution in [2.45, 2.75) is 31.7 Å². The minimum atomic E-state index is 0.234. The van der Waals surface area contributed by atoms with Crippen LogP contribution in [0.15, 0.2) is 0 Å². The van der Waals surface area contributed by atoms with E-state index in [2.05, 4.69) is 15.5 Å². The molecule has 1 heterocycles. The van der Waals surface area contributed by atoms with E-state index >= 15 is 0 Å². The third-order valence-corrected chi connectivity index (χ3v) is 3.33. The number of nitrogens with zero attached hydrogens (tertiary/aromatic N) is 1. The first-order valence-corrected chi connectivity index (χ1v) is 6.07. The average Bonchev–Trinajstić information content (AvgIpc) is 2.22. The van der Waals surface area contributed by atoms with Crippen LogP contribution in [0, 0.1) is 0 Å². The van der Waals surface area contributed by atoms with Gasteiger partial charge in [-0.15, -0.1) is 0 Å². The summed E-state index contributed by atoms with van der Waals surface area (Å²) in [5.74, 6) is 0.234. The molecule has 0 bridgehead atoms. The summed E-state index contributed by atoms with van der Waals surface area (Å²) < 4.78 is 0. The highest BCUT2D eigenvalue weighted by Crippen LogP contribution is 2.17. The first-order chi connectivity index (χ1) is 7.34. The molecule has 2 rings (SSSR count). The number of carbonyl (C=O) groups is 1. The van der Waals surface area contributed by atoms with Gasteiger partial charge in [-0.25, -0.2) is 0 Å². The molecule has 0 spiro atoms. The number of hydrogen-bond donors (Lipinski definition) is 2. The van der Waals surface area contributed by atoms with Crippen molar-refractivity contribution in [1.29, 1.82) is 0 Å². The molecule has 0 aromatic carbocycles. The predicted octanol–water partition coefficient (Wildman–Crippen LogP) is -0.0496. The van der Waals surface area contributed by atoms with E-state index < -0.39 is 0 Å². The fourth-order valence-corrected chi connectivity index (χ4v) is 2.05. The van der Waals surface area contributed by atoms with E-state index in [1.807, 2.05) is 0 Å². The van der Waals surface area contributed by atoms with Crippen LogP contribution in [0.1, 0.15) is 25.7 Å². The fourth-order valence-electron chi connectivity index (χ4n) is 2.05. The topological polar surface area (TPSA) is 44.4 Å². The second kappa shape index (κ2) is 5.47. The largest absolute Gasteiger partial charge is 0.353 e. The first-order valence-electron chi connectivity index (χ1n) is 6.07. The molecule has 2 aliphatic rings. The Kier molecular flexibility index (Phi) is 3.97. The van der Waals surface area contributed by atoms with Gasteiger partial charge in [0, 0.05) is 45.2 Å². The van der Waals surface area contributed by atoms with Gasteiger partial charge in [-0.2, -0.15) is 0 Å². The zero-order valence-electron chi connectivity index (χ0n) is 9.30. The summed E-state index contributed by atoms with van der Waals surface area (Å²) in [5.41, 5.74) is 0. The molecule has 0 unspecified atom stereocenters. The lowest BCUT2D eigenvalue weighted by Crippen LogP contribution is -2.45. The standard InChI is InChI=1S/C11H21N3O/c15-11(13-10-2-1-3-10)4-7-14-8-5-12-6-9-14/h10,12H,1-9H2,(H,13,15). The maximum absolute atomic E-state index is 11.5. The molecule has 1 saturated carbocycles. The van der Waals surface area contributed by atoms with Crippen LogP contribution in [-0.2, 0) is 4.79 Å². The summed E-state index contributed by atoms with van der Waals surface area (Å²) in [6, 6.07) is 0.487. The quantitative estimate of drug-likeness (QED) is 0.685. The lowest BCUT2D eigenvalue weighted by atomic mass is 9.93. The van der Waals surface area contributed by atoms with Crippen molar-refractivity contribution in [2.24, 2.45) is 0 Å². The number of piperazine rings is 1. The van der Waals surface area contributed by atoms with Gasteiger partial charge < -0.3 is 15.5 Å². The molecule has 1 aliphatic carbocycles. The van der Waals surface area contributed by atoms with Gasteiger partial charge in [-0.05, 0) is 19.3 Å². The Morgan fingerprint density at radius 3 is 2.67 bits per heavy atom. The van der Waals surface area contributed by atoms with Gasteiger partial charge in [0.15, 0.2) is 0 Å². The van der Waals surface area contributed by atoms with Crippen molar-refractivity contribution in [1.82, 2.24) is 15.5 Å². The van der Waals surface area contributed by atoms with E-state index in [4.69, 9.17) is 0 Å². The molecule has 1 aliphatic heterocycles. The summed E-state index contributed by atoms with van der Waals surface area (Å²) in [6.45, 7) is 5.20. The smallest absolute Gasteiger partial charge is 0.221 e. The van der Waals surface area contributed by atoms with Crippen molar-refractivity contribution in [3.63, 3.8) is 0 Å². The van der Waals surface area contributed by atoms with E-state index in [0.717, 1.165) is 32.7 Å². The van der Waals surface area contributed by atoms with Gasteiger partial charge >= 0.3 is 0 Å². The van der Waals surface area contributed by atoms with E-state index in [0.29, 0.717) is 12.5 Å². The number of nitrogens with one attached hydrogen (secondary N) is 2. The summed E-state index contributed by atoms with van der Waals surface area (Å²) in [5, 5.41) is 6.39. The number of hydrogen-bond acceptors (Lipinski definition) is 3. The van der Waals surface area contributed by atoms with Crippen molar-refractivity contribution in [2.75, 3.05) is 32.7 Å². The Bertz CT molecular complexity index is 210. The Morgan fingerprint density at radius 1 is 1.33 bits per heavy atom. The van der Waals surface area contributed by atoms with Gasteiger partial charge in [0.2, 0.25) is 5.91 Å². The molecule has 15 heavy (non-hydrogen) atoms. The minimum absolute atomic E-state index is 0.234. The van der Waals surface area contributed by atoms with Gasteiger partial charge in [0.1, 0.15) is 0 Å². The summed E-state index contributed by atoms with van der Waals surface area (Å²) >= 11 is 0. The lowest BCUT2D eigenvalue weighted by molar-refractivity contribution is -0.122. The molecular formula is C11H21N3O. The van der Waals surface area contributed by atoms with Crippen LogP contribution in [0.5, 0.6) is 0 Å². The number of rotatable bonds is 4. The van der Waals surface area contributed by atoms with E-state index in [9.17, 15) is 4.79 Å². The molecule has 86 valence electrons. The number of carbonyl (C=O) groups excluding carboxylic acids is 1. The summed E-state index contributed by atoms with van der Waals surface area (Å²) in [7, 11) is 0. The Labute approximate surface area is 91.4 Å². The highest BCUT2D eigenvalue weighted by atomic mass is 16.1. The van der Waals surface area contributed by atoms with Crippen LogP contribution in [0.4, 0.5) is 0 Å². The highest BCUT2D eigenvalue weighted by molar-refractivity contribution is 5.76. The highest BCUT2D eigenvalue weighted by Gasteiger charge is 2.19. The van der Waals surface area contributed by atoms with Crippen molar-refractivity contribution in [3.8, 4) is 0 Å². The minimum Gasteiger partial charge on any atom is -0.353 e. The second-order valence-corrected chi connectivity index (χ2v) is 4.54. The van der Waals surface area contributed by atoms with Crippen molar-refractivity contribution in [3.05, 3.63) is 0 Å². The third kappa shape index (κ3) is 3.47. The zero-order valence-corrected chi connectivity index (χ0v) is 9.30. The van der Waals surface area contributed by atoms with Crippen LogP contribution in [0.25, 0.3) is 0 Å². The molecule has 0 aromatic rings. The zero-order chi connectivity index (χ0) is 10.5. The third-order valence-electron chi connectivity index (χ3n) is 3.33. The molecule has 4 nitrogen and oxygen atoms in total. The molecule has 0 radical (unpaired) electrons. The van der Waals surface area contributed by atoms with Gasteiger partial charge in [0.05, 0.1) is 0 Å². The maximum Gasteiger partial charge on any atom is 0.221 e. The summed E-state index contributed by atoms with van der Waals surface area (Å²) in [4.78, 5) is 13.9. The SMILES string of the molecule is O=C(CCN1CCNCC1)NC1CCC1. The van der Waals surface area contributed by atoms with Crippen LogP contribution >= 0.6 is 0 Å². The van der Waals surface area contributed by atoms with Crippen LogP contribution in [0.2, 0.25) is 0 Å². The van der Waals surface area contributed by atoms with Crippen molar-refractivity contribution < 1.29 is 4.79 Å². The van der Waals surface area contributed by atoms with Crippen LogP contribution in [0.3, 0.4) is 0 Å². The molecule has 2 fully saturated rings. The molecule has 4 heteroatoms. The average molecular weight is 211 g/mol. The van der Waals surface area contributed by atoms with Gasteiger partial charge in [-0.3, -0.25) is 4.79 Å². The van der Waals surface area contributed by atoms with E-state index in [1.54, 1.807) is 0 Å². The Hall–Kier alpha value is -0.610. The number of amides is 1. The molecule has 1 amide bonds. The van der Waals surface area contributed by atoms with E-state index in [1.165, 1.54) is 19.3 Å². The van der Waals surface area contributed by atoms with Crippen LogP contribution in [-0.4, -0.2) is 49.6 Å². The Morgan fingerprint density at radius 2 is 2.07 bits per heavy atom. The molecule has 0 aromatic heterocycles. The Balaban J connectivity index is 1.57. The van der Waals surface area contributed by atoms with Gasteiger partial charge in [-0.1, -0.05) is 0 Å². The van der Waals surface area contributed by atoms with Gasteiger partial charge in [0.25, 0.3) is 0 Å². The van der Waals surface area contributed by atoms with Crippen molar-refractivity contribution >= 4 is 5.91 Å². The van der Waals surface area contributed by atoms with E-state index in [-0.39, 0.29) is 5.91 Å². The maximum atomic E-state index is 11.5. The molecular weight excluding hydrogens is 190 g/mol. The lowest BCUT2D eigenvalue weighted by Gasteiger charge is -2.29. The predicted molar refractivity (Wildman–Crippen MR) is 59.7 cm³/mol. The normalized spacial score (nSPS) is 23.5. The molecule has 0 atom stereocenters. The fraction of sp³-hybridized carbons (Fsp3) is 0.909. The summed E-state index contributed by atoms with van der Waals surface area (Å²) in [6.07, 6.45) is 4.30.